The molecular formula is C24H21F2NO3. The van der Waals surface area contributed by atoms with Gasteiger partial charge >= 0.3 is 0 Å². The van der Waals surface area contributed by atoms with Gasteiger partial charge in [0.25, 0.3) is 0 Å². The molecule has 1 heterocycles. The van der Waals surface area contributed by atoms with Crippen LogP contribution in [0.3, 0.4) is 0 Å². The third-order valence-corrected chi connectivity index (χ3v) is 5.20. The number of nitrogens with zero attached hydrogens (tertiary/aromatic N) is 1. The molecule has 0 saturated heterocycles. The number of carbonyl (C=O) groups is 1. The van der Waals surface area contributed by atoms with Gasteiger partial charge in [-0.15, -0.1) is 0 Å². The van der Waals surface area contributed by atoms with E-state index < -0.39 is 11.6 Å². The standard InChI is InChI=1S/C24H21F2NO3/c1-14-3-5-19(12-27-14)30-18-6-7-22(25)21(11-18)16-4-8-24(23(26)10-16)29-13-17-9-20(17)15(2)28/h3-8,10-12,17,20H,9,13H2,1-2H3. The van der Waals surface area contributed by atoms with Gasteiger partial charge < -0.3 is 9.47 Å². The minimum atomic E-state index is -0.582. The number of halogens is 2. The van der Waals surface area contributed by atoms with Gasteiger partial charge in [0, 0.05) is 23.1 Å². The van der Waals surface area contributed by atoms with Crippen LogP contribution >= 0.6 is 0 Å². The zero-order chi connectivity index (χ0) is 21.3. The van der Waals surface area contributed by atoms with E-state index in [0.29, 0.717) is 23.7 Å². The number of rotatable bonds is 7. The van der Waals surface area contributed by atoms with Crippen molar-refractivity contribution in [3.05, 3.63) is 72.1 Å². The van der Waals surface area contributed by atoms with E-state index in [1.807, 2.05) is 13.0 Å². The third-order valence-electron chi connectivity index (χ3n) is 5.20. The van der Waals surface area contributed by atoms with Crippen LogP contribution in [0.1, 0.15) is 19.0 Å². The molecule has 0 amide bonds. The predicted molar refractivity (Wildman–Crippen MR) is 109 cm³/mol. The monoisotopic (exact) mass is 409 g/mol. The summed E-state index contributed by atoms with van der Waals surface area (Å²) in [5.74, 6) is 0.265. The summed E-state index contributed by atoms with van der Waals surface area (Å²) in [6.45, 7) is 3.72. The van der Waals surface area contributed by atoms with E-state index in [4.69, 9.17) is 9.47 Å². The van der Waals surface area contributed by atoms with Gasteiger partial charge in [0.15, 0.2) is 11.6 Å². The Labute approximate surface area is 173 Å². The van der Waals surface area contributed by atoms with Crippen LogP contribution < -0.4 is 9.47 Å². The Morgan fingerprint density at radius 1 is 1.07 bits per heavy atom. The molecule has 0 bridgehead atoms. The highest BCUT2D eigenvalue weighted by Gasteiger charge is 2.41. The van der Waals surface area contributed by atoms with Crippen LogP contribution in [-0.2, 0) is 4.79 Å². The van der Waals surface area contributed by atoms with Crippen molar-refractivity contribution < 1.29 is 23.0 Å². The summed E-state index contributed by atoms with van der Waals surface area (Å²) < 4.78 is 40.2. The molecule has 0 N–H and O–H groups in total. The van der Waals surface area contributed by atoms with Crippen LogP contribution in [-0.4, -0.2) is 17.4 Å². The van der Waals surface area contributed by atoms with Crippen molar-refractivity contribution in [3.8, 4) is 28.4 Å². The smallest absolute Gasteiger partial charge is 0.165 e. The molecule has 4 nitrogen and oxygen atoms in total. The van der Waals surface area contributed by atoms with Gasteiger partial charge in [-0.2, -0.15) is 0 Å². The molecule has 2 aromatic carbocycles. The zero-order valence-electron chi connectivity index (χ0n) is 16.7. The number of pyridine rings is 1. The Morgan fingerprint density at radius 3 is 2.53 bits per heavy atom. The topological polar surface area (TPSA) is 48.4 Å². The molecule has 0 aliphatic heterocycles. The molecule has 1 aliphatic carbocycles. The highest BCUT2D eigenvalue weighted by Crippen LogP contribution is 2.40. The van der Waals surface area contributed by atoms with Crippen LogP contribution in [0.4, 0.5) is 8.78 Å². The van der Waals surface area contributed by atoms with Crippen LogP contribution in [0, 0.1) is 30.4 Å². The molecule has 1 aromatic heterocycles. The quantitative estimate of drug-likeness (QED) is 0.500. The molecule has 0 spiro atoms. The van der Waals surface area contributed by atoms with Crippen molar-refractivity contribution in [1.29, 1.82) is 0 Å². The molecule has 4 rings (SSSR count). The summed E-state index contributed by atoms with van der Waals surface area (Å²) in [5.41, 5.74) is 1.45. The molecule has 154 valence electrons. The normalized spacial score (nSPS) is 17.5. The maximum atomic E-state index is 14.5. The number of aryl methyl sites for hydroxylation is 1. The lowest BCUT2D eigenvalue weighted by molar-refractivity contribution is -0.118. The number of benzene rings is 2. The van der Waals surface area contributed by atoms with Gasteiger partial charge in [-0.1, -0.05) is 6.07 Å². The third kappa shape index (κ3) is 4.48. The molecule has 6 heteroatoms. The number of hydrogen-bond acceptors (Lipinski definition) is 4. The Kier molecular flexibility index (Phi) is 5.48. The van der Waals surface area contributed by atoms with Gasteiger partial charge in [-0.3, -0.25) is 9.78 Å². The largest absolute Gasteiger partial charge is 0.490 e. The summed E-state index contributed by atoms with van der Waals surface area (Å²) in [6, 6.07) is 12.2. The minimum Gasteiger partial charge on any atom is -0.490 e. The average molecular weight is 409 g/mol. The van der Waals surface area contributed by atoms with E-state index in [1.54, 1.807) is 25.3 Å². The van der Waals surface area contributed by atoms with Gasteiger partial charge in [0.2, 0.25) is 0 Å². The SMILES string of the molecule is CC(=O)C1CC1COc1ccc(-c2cc(Oc3ccc(C)nc3)ccc2F)cc1F. The van der Waals surface area contributed by atoms with E-state index in [9.17, 15) is 13.6 Å². The van der Waals surface area contributed by atoms with Crippen molar-refractivity contribution in [1.82, 2.24) is 4.98 Å². The second kappa shape index (κ2) is 8.22. The van der Waals surface area contributed by atoms with Gasteiger partial charge in [0.05, 0.1) is 12.8 Å². The molecule has 0 radical (unpaired) electrons. The summed E-state index contributed by atoms with van der Waals surface area (Å²) in [6.07, 6.45) is 2.37. The van der Waals surface area contributed by atoms with Gasteiger partial charge in [-0.05, 0) is 68.3 Å². The molecule has 1 saturated carbocycles. The zero-order valence-corrected chi connectivity index (χ0v) is 16.7. The number of Topliss-reactive ketones (excluding diaryl/α,β-unsaturated/α-hetero) is 1. The van der Waals surface area contributed by atoms with Crippen molar-refractivity contribution in [3.63, 3.8) is 0 Å². The van der Waals surface area contributed by atoms with E-state index in [-0.39, 0.29) is 28.9 Å². The lowest BCUT2D eigenvalue weighted by Crippen LogP contribution is -2.05. The highest BCUT2D eigenvalue weighted by atomic mass is 19.1. The van der Waals surface area contributed by atoms with Crippen molar-refractivity contribution >= 4 is 5.78 Å². The lowest BCUT2D eigenvalue weighted by atomic mass is 10.0. The van der Waals surface area contributed by atoms with E-state index in [2.05, 4.69) is 4.98 Å². The summed E-state index contributed by atoms with van der Waals surface area (Å²) in [5, 5.41) is 0. The number of hydrogen-bond donors (Lipinski definition) is 0. The van der Waals surface area contributed by atoms with Crippen molar-refractivity contribution in [2.45, 2.75) is 20.3 Å². The maximum Gasteiger partial charge on any atom is 0.165 e. The van der Waals surface area contributed by atoms with E-state index in [1.165, 1.54) is 30.3 Å². The highest BCUT2D eigenvalue weighted by molar-refractivity contribution is 5.81. The minimum absolute atomic E-state index is 0.0212. The molecule has 3 aromatic rings. The fraction of sp³-hybridized carbons (Fsp3) is 0.250. The second-order valence-corrected chi connectivity index (χ2v) is 7.55. The number of carbonyl (C=O) groups excluding carboxylic acids is 1. The van der Waals surface area contributed by atoms with E-state index >= 15 is 0 Å². The molecule has 1 aliphatic rings. The molecule has 2 atom stereocenters. The Balaban J connectivity index is 1.49. The summed E-state index contributed by atoms with van der Waals surface area (Å²) >= 11 is 0. The van der Waals surface area contributed by atoms with Crippen LogP contribution in [0.2, 0.25) is 0 Å². The van der Waals surface area contributed by atoms with Gasteiger partial charge in [-0.25, -0.2) is 8.78 Å². The first kappa shape index (κ1) is 20.0. The number of aromatic nitrogens is 1. The van der Waals surface area contributed by atoms with Crippen molar-refractivity contribution in [2.24, 2.45) is 11.8 Å². The van der Waals surface area contributed by atoms with Gasteiger partial charge in [0.1, 0.15) is 23.1 Å². The van der Waals surface area contributed by atoms with Crippen LogP contribution in [0.5, 0.6) is 17.2 Å². The first-order valence-corrected chi connectivity index (χ1v) is 9.74. The average Bonchev–Trinajstić information content (AvgIpc) is 3.50. The van der Waals surface area contributed by atoms with Crippen LogP contribution in [0.15, 0.2) is 54.7 Å². The molecular weight excluding hydrogens is 388 g/mol. The maximum absolute atomic E-state index is 14.5. The first-order chi connectivity index (χ1) is 14.4. The summed E-state index contributed by atoms with van der Waals surface area (Å²) in [4.78, 5) is 15.5. The Hall–Kier alpha value is -3.28. The Morgan fingerprint density at radius 2 is 1.87 bits per heavy atom. The number of ether oxygens (including phenoxy) is 2. The van der Waals surface area contributed by atoms with Crippen LogP contribution in [0.25, 0.3) is 11.1 Å². The fourth-order valence-corrected chi connectivity index (χ4v) is 3.35. The molecule has 2 unspecified atom stereocenters. The Bertz CT molecular complexity index is 1080. The fourth-order valence-electron chi connectivity index (χ4n) is 3.35. The summed E-state index contributed by atoms with van der Waals surface area (Å²) in [7, 11) is 0. The molecule has 30 heavy (non-hydrogen) atoms. The predicted octanol–water partition coefficient (Wildman–Crippen LogP) is 5.73. The van der Waals surface area contributed by atoms with Crippen molar-refractivity contribution in [2.75, 3.05) is 6.61 Å². The lowest BCUT2D eigenvalue weighted by Gasteiger charge is -2.11. The molecule has 1 fully saturated rings. The second-order valence-electron chi connectivity index (χ2n) is 7.55. The first-order valence-electron chi connectivity index (χ1n) is 9.74. The number of ketones is 1. The van der Waals surface area contributed by atoms with E-state index in [0.717, 1.165) is 12.1 Å².